The molecule has 0 aliphatic heterocycles. The van der Waals surface area contributed by atoms with Crippen LogP contribution in [0.4, 0.5) is 0 Å². The molecule has 684 valence electrons. The summed E-state index contributed by atoms with van der Waals surface area (Å²) in [5, 5.41) is 115. The zero-order chi connectivity index (χ0) is 89.0. The number of amides is 1. The number of carbonyl (C=O) groups is 4. The van der Waals surface area contributed by atoms with Crippen molar-refractivity contribution in [2.45, 2.75) is 75.3 Å². The Morgan fingerprint density at radius 1 is 0.395 bits per heavy atom. The minimum Gasteiger partial charge on any atom is -0.508 e. The summed E-state index contributed by atoms with van der Waals surface area (Å²) in [6, 6.07) is 27.3. The number of aliphatic hydroxyl groups excluding tert-OH is 11. The van der Waals surface area contributed by atoms with E-state index in [4.69, 9.17) is 117 Å². The number of nitrogens with zero attached hydrogens (tertiary/aromatic N) is 1. The molecule has 0 radical (unpaired) electrons. The Balaban J connectivity index is -0.00000143. The van der Waals surface area contributed by atoms with E-state index in [0.29, 0.717) is 208 Å². The number of methoxy groups -OCH3 is 5. The van der Waals surface area contributed by atoms with E-state index in [1.807, 2.05) is 24.3 Å². The maximum Gasteiger partial charge on any atom is 0.246 e. The summed E-state index contributed by atoms with van der Waals surface area (Å²) in [6.07, 6.45) is -8.02. The van der Waals surface area contributed by atoms with Crippen LogP contribution in [0.25, 0.3) is 0 Å². The molecule has 4 rings (SSSR count). The number of hydrogen-bond donors (Lipinski definition) is 13. The standard InChI is InChI=1S/C23H37NO10.C20H35NO9.C14H20O5.C8H18O3.C7H16O4.C7H6O2.C3H3ClO/c1-3-21(28)24(15-19(26)22(29)23(30)20(27)16-25)14-17-4-6-18(7-5-17)34-13-12-33-11-10-32-9-8-31-2;1-27-6-7-28-8-9-29-10-11-30-16-4-2-15(3-5-16)12-21-13-17(23)19(25)20(26)18(24)14-22;1-16-6-7-17-8-9-18-10-11-19-14-4-2-13(12-15)3-5-14;1-3-4-10-7-8-11-6-5-9-2;1-9-4-5-11-7-6-10-3-2-8;8-5-6-1-3-7(9)4-2-6;1-2-3(4)5/h3-7,19-20,22-23,25-27,29-30H,1,8-16H2,2H3;2-5,17-26H,6-14H2,1H3;2-5,12H,6-11H2,1H3;3-8H2,1-2H3;8H,2-7H2,1H3;1-5,9H;2H,1H2/t19-,20+,22+,23+;17-,18+,19+,20+;;;;;/m00...../s1. The Bertz CT molecular complexity index is 2870. The fourth-order valence-electron chi connectivity index (χ4n) is 8.30. The molecule has 36 nitrogen and oxygen atoms in total. The maximum atomic E-state index is 12.2. The van der Waals surface area contributed by atoms with Gasteiger partial charge in [-0.05, 0) is 114 Å². The Kier molecular flexibility index (Phi) is 84.3. The van der Waals surface area contributed by atoms with Crippen LogP contribution in [0, 0.1) is 0 Å². The Morgan fingerprint density at radius 3 is 0.983 bits per heavy atom. The van der Waals surface area contributed by atoms with Gasteiger partial charge in [-0.2, -0.15) is 0 Å². The van der Waals surface area contributed by atoms with E-state index in [0.717, 1.165) is 54.6 Å². The fourth-order valence-corrected chi connectivity index (χ4v) is 8.30. The van der Waals surface area contributed by atoms with Crippen molar-refractivity contribution in [3.05, 3.63) is 145 Å². The van der Waals surface area contributed by atoms with Crippen LogP contribution in [0.15, 0.2) is 122 Å². The van der Waals surface area contributed by atoms with Crippen LogP contribution < -0.4 is 19.5 Å². The van der Waals surface area contributed by atoms with Crippen molar-refractivity contribution in [3.63, 3.8) is 0 Å². The minimum atomic E-state index is -1.77. The highest BCUT2D eigenvalue weighted by molar-refractivity contribution is 6.66. The summed E-state index contributed by atoms with van der Waals surface area (Å²) in [6.45, 7) is 22.5. The van der Waals surface area contributed by atoms with Gasteiger partial charge in [0.25, 0.3) is 0 Å². The summed E-state index contributed by atoms with van der Waals surface area (Å²) >= 11 is 4.71. The van der Waals surface area contributed by atoms with Gasteiger partial charge in [0.1, 0.15) is 98.1 Å². The molecule has 0 fully saturated rings. The first kappa shape index (κ1) is 116. The molecule has 0 spiro atoms. The van der Waals surface area contributed by atoms with E-state index in [-0.39, 0.29) is 32.0 Å². The van der Waals surface area contributed by atoms with Crippen LogP contribution in [0.2, 0.25) is 0 Å². The molecule has 0 unspecified atom stereocenters. The van der Waals surface area contributed by atoms with Gasteiger partial charge in [-0.3, -0.25) is 19.2 Å². The molecule has 0 saturated carbocycles. The van der Waals surface area contributed by atoms with Crippen molar-refractivity contribution in [1.29, 1.82) is 0 Å². The van der Waals surface area contributed by atoms with Gasteiger partial charge in [0.15, 0.2) is 0 Å². The quantitative estimate of drug-likeness (QED) is 0.0129. The van der Waals surface area contributed by atoms with Gasteiger partial charge < -0.3 is 157 Å². The Labute approximate surface area is 704 Å². The summed E-state index contributed by atoms with van der Waals surface area (Å²) in [4.78, 5) is 43.4. The van der Waals surface area contributed by atoms with Crippen LogP contribution in [-0.4, -0.2) is 392 Å². The van der Waals surface area contributed by atoms with Crippen molar-refractivity contribution < 1.29 is 166 Å². The normalized spacial score (nSPS) is 12.7. The molecule has 4 aromatic rings. The second kappa shape index (κ2) is 86.2. The molecule has 0 saturated heterocycles. The maximum absolute atomic E-state index is 12.2. The van der Waals surface area contributed by atoms with E-state index in [9.17, 15) is 60.0 Å². The zero-order valence-electron chi connectivity index (χ0n) is 69.7. The molecule has 4 aromatic carbocycles. The van der Waals surface area contributed by atoms with E-state index in [1.165, 1.54) is 17.0 Å². The largest absolute Gasteiger partial charge is 0.508 e. The first-order chi connectivity index (χ1) is 57.6. The first-order valence-corrected chi connectivity index (χ1v) is 38.8. The average molecular weight is 1730 g/mol. The van der Waals surface area contributed by atoms with Gasteiger partial charge in [-0.25, -0.2) is 0 Å². The number of rotatable bonds is 66. The number of phenols is 1. The van der Waals surface area contributed by atoms with Gasteiger partial charge in [0, 0.05) is 79.5 Å². The summed E-state index contributed by atoms with van der Waals surface area (Å²) in [7, 11) is 8.16. The van der Waals surface area contributed by atoms with E-state index in [1.54, 1.807) is 96.2 Å². The number of nitrogens with one attached hydrogen (secondary N) is 1. The number of aromatic hydroxyl groups is 1. The molecular formula is C82H135ClN2O34. The zero-order valence-corrected chi connectivity index (χ0v) is 70.5. The predicted octanol–water partition coefficient (Wildman–Crippen LogP) is 1.40. The highest BCUT2D eigenvalue weighted by Crippen LogP contribution is 2.17. The third-order valence-electron chi connectivity index (χ3n) is 14.7. The van der Waals surface area contributed by atoms with Gasteiger partial charge in [0.05, 0.1) is 184 Å². The number of aliphatic hydroxyl groups is 11. The first-order valence-electron chi connectivity index (χ1n) is 38.4. The number of hydrogen-bond acceptors (Lipinski definition) is 35. The van der Waals surface area contributed by atoms with Crippen LogP contribution in [0.5, 0.6) is 23.0 Å². The molecule has 0 aliphatic carbocycles. The second-order valence-corrected chi connectivity index (χ2v) is 24.6. The van der Waals surface area contributed by atoms with Crippen molar-refractivity contribution in [1.82, 2.24) is 10.2 Å². The number of allylic oxidation sites excluding steroid dienone is 1. The molecule has 8 atom stereocenters. The van der Waals surface area contributed by atoms with Crippen LogP contribution in [0.1, 0.15) is 45.2 Å². The molecule has 0 aliphatic rings. The second-order valence-electron chi connectivity index (χ2n) is 24.2. The molecule has 0 bridgehead atoms. The Hall–Kier alpha value is -6.75. The SMILES string of the molecule is C=CC(=O)Cl.C=CC(=O)N(Cc1ccc(OCCOCCOCCOC)cc1)C[C@H](O)[C@@H](O)[C@H](O)[C@H](O)CO.CCCOCCOCCOC.COCCOCCOCCO.COCCOCCOCCOc1ccc(C=O)cc1.COCCOCCOCCOc1ccc(CNC[C@H](O)[C@@H](O)[C@H](O)[C@H](O)CO)cc1.O=Cc1ccc(O)cc1. The third kappa shape index (κ3) is 71.5. The Morgan fingerprint density at radius 2 is 0.681 bits per heavy atom. The molecule has 119 heavy (non-hydrogen) atoms. The van der Waals surface area contributed by atoms with Crippen molar-refractivity contribution in [2.75, 3.05) is 253 Å². The summed E-state index contributed by atoms with van der Waals surface area (Å²) < 4.78 is 93.2. The third-order valence-corrected chi connectivity index (χ3v) is 14.9. The van der Waals surface area contributed by atoms with Crippen LogP contribution in [-0.2, 0) is 93.7 Å². The van der Waals surface area contributed by atoms with Gasteiger partial charge in [0.2, 0.25) is 11.1 Å². The highest BCUT2D eigenvalue weighted by atomic mass is 35.5. The smallest absolute Gasteiger partial charge is 0.246 e. The molecule has 1 amide bonds. The lowest BCUT2D eigenvalue weighted by Gasteiger charge is -2.30. The van der Waals surface area contributed by atoms with E-state index < -0.39 is 73.2 Å². The predicted molar refractivity (Wildman–Crippen MR) is 440 cm³/mol. The molecule has 13 N–H and O–H groups in total. The van der Waals surface area contributed by atoms with Gasteiger partial charge in [-0.1, -0.05) is 44.3 Å². The molecular weight excluding hydrogens is 1590 g/mol. The average Bonchev–Trinajstić information content (AvgIpc) is 0.863. The molecule has 0 aromatic heterocycles. The number of benzene rings is 4. The topological polar surface area (TPSA) is 492 Å². The number of aldehydes is 2. The monoisotopic (exact) mass is 1730 g/mol. The highest BCUT2D eigenvalue weighted by Gasteiger charge is 2.32. The van der Waals surface area contributed by atoms with Crippen LogP contribution >= 0.6 is 11.6 Å². The number of halogens is 1. The minimum absolute atomic E-state index is 0.00114. The lowest BCUT2D eigenvalue weighted by molar-refractivity contribution is -0.136. The number of phenolic OH excluding ortho intramolecular Hbond substituents is 1. The van der Waals surface area contributed by atoms with Crippen molar-refractivity contribution >= 4 is 35.3 Å². The summed E-state index contributed by atoms with van der Waals surface area (Å²) in [5.41, 5.74) is 2.87. The van der Waals surface area contributed by atoms with Crippen LogP contribution in [0.3, 0.4) is 0 Å². The van der Waals surface area contributed by atoms with E-state index >= 15 is 0 Å². The number of ether oxygens (including phenoxy) is 18. The lowest BCUT2D eigenvalue weighted by atomic mass is 10.0. The molecule has 37 heteroatoms. The lowest BCUT2D eigenvalue weighted by Crippen LogP contribution is -2.50. The van der Waals surface area contributed by atoms with E-state index in [2.05, 4.69) is 25.4 Å². The summed E-state index contributed by atoms with van der Waals surface area (Å²) in [5.74, 6) is 1.73. The molecule has 0 heterocycles. The fraction of sp³-hybridized carbons (Fsp3) is 0.610. The van der Waals surface area contributed by atoms with Gasteiger partial charge in [-0.15, -0.1) is 0 Å². The van der Waals surface area contributed by atoms with Crippen molar-refractivity contribution in [3.8, 4) is 23.0 Å². The van der Waals surface area contributed by atoms with Gasteiger partial charge >= 0.3 is 0 Å². The van der Waals surface area contributed by atoms with Crippen molar-refractivity contribution in [2.24, 2.45) is 0 Å². The number of carbonyl (C=O) groups excluding carboxylic acids is 4.